The van der Waals surface area contributed by atoms with E-state index in [-0.39, 0.29) is 12.4 Å². The third-order valence-corrected chi connectivity index (χ3v) is 3.29. The third-order valence-electron chi connectivity index (χ3n) is 3.04. The van der Waals surface area contributed by atoms with E-state index in [4.69, 9.17) is 22.1 Å². The number of carbonyl (C=O) groups excluding carboxylic acids is 2. The smallest absolute Gasteiger partial charge is 0.249 e. The van der Waals surface area contributed by atoms with Crippen LogP contribution in [0.25, 0.3) is 11.1 Å². The Balaban J connectivity index is 2.54. The summed E-state index contributed by atoms with van der Waals surface area (Å²) in [5.41, 5.74) is 7.57. The van der Waals surface area contributed by atoms with Gasteiger partial charge in [-0.1, -0.05) is 29.8 Å². The number of nitrogens with two attached hydrogens (primary N) is 1. The second-order valence-corrected chi connectivity index (χ2v) is 4.92. The van der Waals surface area contributed by atoms with E-state index < -0.39 is 5.91 Å². The normalized spacial score (nSPS) is 10.4. The lowest BCUT2D eigenvalue weighted by Crippen LogP contribution is -2.14. The molecule has 1 amide bonds. The molecule has 5 heteroatoms. The van der Waals surface area contributed by atoms with Gasteiger partial charge in [-0.15, -0.1) is 0 Å². The predicted molar refractivity (Wildman–Crippen MR) is 81.6 cm³/mol. The Labute approximate surface area is 127 Å². The van der Waals surface area contributed by atoms with E-state index >= 15 is 0 Å². The van der Waals surface area contributed by atoms with Gasteiger partial charge in [0.2, 0.25) is 5.91 Å². The number of ketones is 1. The highest BCUT2D eigenvalue weighted by Crippen LogP contribution is 2.26. The van der Waals surface area contributed by atoms with Crippen molar-refractivity contribution in [2.75, 3.05) is 13.7 Å². The minimum Gasteiger partial charge on any atom is -0.377 e. The van der Waals surface area contributed by atoms with Gasteiger partial charge in [-0.3, -0.25) is 9.59 Å². The third kappa shape index (κ3) is 3.48. The van der Waals surface area contributed by atoms with Crippen LogP contribution in [0.5, 0.6) is 0 Å². The van der Waals surface area contributed by atoms with E-state index in [1.165, 1.54) is 7.11 Å². The van der Waals surface area contributed by atoms with Crippen molar-refractivity contribution in [1.29, 1.82) is 0 Å². The topological polar surface area (TPSA) is 69.4 Å². The van der Waals surface area contributed by atoms with Gasteiger partial charge in [0.1, 0.15) is 6.61 Å². The Hall–Kier alpha value is -2.17. The van der Waals surface area contributed by atoms with Crippen LogP contribution in [-0.2, 0) is 4.74 Å². The molecule has 0 saturated carbocycles. The zero-order valence-electron chi connectivity index (χ0n) is 11.4. The van der Waals surface area contributed by atoms with Crippen LogP contribution in [0.1, 0.15) is 20.7 Å². The number of halogens is 1. The van der Waals surface area contributed by atoms with Gasteiger partial charge in [0, 0.05) is 23.3 Å². The van der Waals surface area contributed by atoms with Gasteiger partial charge >= 0.3 is 0 Å². The van der Waals surface area contributed by atoms with E-state index in [2.05, 4.69) is 0 Å². The van der Waals surface area contributed by atoms with Crippen molar-refractivity contribution in [3.05, 3.63) is 58.6 Å². The highest BCUT2D eigenvalue weighted by atomic mass is 35.5. The molecule has 0 bridgehead atoms. The van der Waals surface area contributed by atoms with Crippen LogP contribution in [0.2, 0.25) is 5.02 Å². The van der Waals surface area contributed by atoms with Crippen LogP contribution in [0.3, 0.4) is 0 Å². The zero-order chi connectivity index (χ0) is 15.4. The molecule has 2 N–H and O–H groups in total. The van der Waals surface area contributed by atoms with Crippen LogP contribution in [-0.4, -0.2) is 25.4 Å². The zero-order valence-corrected chi connectivity index (χ0v) is 12.2. The molecule has 2 aromatic rings. The molecule has 0 atom stereocenters. The lowest BCUT2D eigenvalue weighted by Gasteiger charge is -2.10. The van der Waals surface area contributed by atoms with Crippen LogP contribution in [0, 0.1) is 0 Å². The van der Waals surface area contributed by atoms with Crippen molar-refractivity contribution >= 4 is 23.3 Å². The molecule has 0 unspecified atom stereocenters. The minimum atomic E-state index is -0.550. The Bertz CT molecular complexity index is 680. The minimum absolute atomic E-state index is 0.0179. The van der Waals surface area contributed by atoms with Crippen LogP contribution < -0.4 is 5.73 Å². The summed E-state index contributed by atoms with van der Waals surface area (Å²) in [6.45, 7) is -0.0179. The second-order valence-electron chi connectivity index (χ2n) is 4.49. The van der Waals surface area contributed by atoms with Gasteiger partial charge < -0.3 is 10.5 Å². The van der Waals surface area contributed by atoms with Gasteiger partial charge in [-0.2, -0.15) is 0 Å². The maximum absolute atomic E-state index is 11.9. The summed E-state index contributed by atoms with van der Waals surface area (Å²) in [4.78, 5) is 23.5. The number of rotatable bonds is 5. The van der Waals surface area contributed by atoms with Gasteiger partial charge in [-0.25, -0.2) is 0 Å². The number of Topliss-reactive ketones (excluding diaryl/α,β-unsaturated/α-hetero) is 1. The molecule has 4 nitrogen and oxygen atoms in total. The molecule has 0 fully saturated rings. The molecule has 2 aromatic carbocycles. The summed E-state index contributed by atoms with van der Waals surface area (Å²) in [6.07, 6.45) is 0. The maximum Gasteiger partial charge on any atom is 0.249 e. The number of methoxy groups -OCH3 is 1. The standard InChI is InChI=1S/C16H14ClNO3/c1-21-9-15(19)11-4-7-13(16(18)20)14(8-11)10-2-5-12(17)6-3-10/h2-8H,9H2,1H3,(H2,18,20). The van der Waals surface area contributed by atoms with Gasteiger partial charge in [0.15, 0.2) is 5.78 Å². The van der Waals surface area contributed by atoms with E-state index in [9.17, 15) is 9.59 Å². The number of carbonyl (C=O) groups is 2. The van der Waals surface area contributed by atoms with E-state index in [0.717, 1.165) is 5.56 Å². The fourth-order valence-electron chi connectivity index (χ4n) is 2.02. The van der Waals surface area contributed by atoms with E-state index in [0.29, 0.717) is 21.7 Å². The lowest BCUT2D eigenvalue weighted by molar-refractivity contribution is 0.0847. The number of benzene rings is 2. The number of amides is 1. The summed E-state index contributed by atoms with van der Waals surface area (Å²) in [5.74, 6) is -0.713. The average molecular weight is 304 g/mol. The molecule has 0 aliphatic heterocycles. The summed E-state index contributed by atoms with van der Waals surface area (Å²) in [6, 6.07) is 11.7. The first kappa shape index (κ1) is 15.2. The Morgan fingerprint density at radius 3 is 2.38 bits per heavy atom. The number of hydrogen-bond acceptors (Lipinski definition) is 3. The van der Waals surface area contributed by atoms with Crippen LogP contribution in [0.4, 0.5) is 0 Å². The molecule has 21 heavy (non-hydrogen) atoms. The SMILES string of the molecule is COCC(=O)c1ccc(C(N)=O)c(-c2ccc(Cl)cc2)c1. The van der Waals surface area contributed by atoms with E-state index in [1.54, 1.807) is 42.5 Å². The molecule has 0 saturated heterocycles. The van der Waals surface area contributed by atoms with Crippen molar-refractivity contribution in [2.24, 2.45) is 5.73 Å². The fourth-order valence-corrected chi connectivity index (χ4v) is 2.14. The molecule has 2 rings (SSSR count). The largest absolute Gasteiger partial charge is 0.377 e. The van der Waals surface area contributed by atoms with E-state index in [1.807, 2.05) is 0 Å². The number of hydrogen-bond donors (Lipinski definition) is 1. The van der Waals surface area contributed by atoms with Gasteiger partial charge in [0.05, 0.1) is 0 Å². The Morgan fingerprint density at radius 1 is 1.14 bits per heavy atom. The van der Waals surface area contributed by atoms with Crippen LogP contribution in [0.15, 0.2) is 42.5 Å². The summed E-state index contributed by atoms with van der Waals surface area (Å²) >= 11 is 5.86. The summed E-state index contributed by atoms with van der Waals surface area (Å²) in [7, 11) is 1.45. The molecular formula is C16H14ClNO3. The molecule has 0 spiro atoms. The van der Waals surface area contributed by atoms with Crippen molar-refractivity contribution in [2.45, 2.75) is 0 Å². The number of primary amides is 1. The highest BCUT2D eigenvalue weighted by molar-refractivity contribution is 6.30. The monoisotopic (exact) mass is 303 g/mol. The lowest BCUT2D eigenvalue weighted by atomic mass is 9.95. The molecule has 0 aromatic heterocycles. The first-order valence-electron chi connectivity index (χ1n) is 6.25. The van der Waals surface area contributed by atoms with Crippen molar-refractivity contribution in [3.63, 3.8) is 0 Å². The summed E-state index contributed by atoms with van der Waals surface area (Å²) in [5, 5.41) is 0.589. The molecule has 0 aliphatic rings. The Kier molecular flexibility index (Phi) is 4.73. The molecule has 0 radical (unpaired) electrons. The van der Waals surface area contributed by atoms with Crippen molar-refractivity contribution < 1.29 is 14.3 Å². The molecule has 0 aliphatic carbocycles. The average Bonchev–Trinajstić information content (AvgIpc) is 2.47. The molecule has 0 heterocycles. The fraction of sp³-hybridized carbons (Fsp3) is 0.125. The first-order valence-corrected chi connectivity index (χ1v) is 6.62. The highest BCUT2D eigenvalue weighted by Gasteiger charge is 2.14. The predicted octanol–water partition coefficient (Wildman–Crippen LogP) is 2.94. The first-order chi connectivity index (χ1) is 10.0. The summed E-state index contributed by atoms with van der Waals surface area (Å²) < 4.78 is 4.84. The second kappa shape index (κ2) is 6.52. The van der Waals surface area contributed by atoms with Gasteiger partial charge in [0.25, 0.3) is 0 Å². The van der Waals surface area contributed by atoms with Crippen molar-refractivity contribution in [3.8, 4) is 11.1 Å². The Morgan fingerprint density at radius 2 is 1.81 bits per heavy atom. The molecule has 108 valence electrons. The number of ether oxygens (including phenoxy) is 1. The maximum atomic E-state index is 11.9. The van der Waals surface area contributed by atoms with Crippen LogP contribution >= 0.6 is 11.6 Å². The quantitative estimate of drug-likeness (QED) is 0.863. The molecular weight excluding hydrogens is 290 g/mol. The van der Waals surface area contributed by atoms with Gasteiger partial charge in [-0.05, 0) is 35.4 Å². The van der Waals surface area contributed by atoms with Crippen molar-refractivity contribution in [1.82, 2.24) is 0 Å².